The highest BCUT2D eigenvalue weighted by Gasteiger charge is 2.35. The van der Waals surface area contributed by atoms with Gasteiger partial charge in [0.1, 0.15) is 29.6 Å². The molecule has 0 spiro atoms. The van der Waals surface area contributed by atoms with Crippen molar-refractivity contribution >= 4 is 11.9 Å². The molecule has 40 heavy (non-hydrogen) atoms. The van der Waals surface area contributed by atoms with Crippen molar-refractivity contribution in [1.29, 1.82) is 0 Å². The fraction of sp³-hybridized carbons (Fsp3) is 0.250. The van der Waals surface area contributed by atoms with Crippen molar-refractivity contribution in [3.05, 3.63) is 111 Å². The zero-order chi connectivity index (χ0) is 28.9. The second-order valence-electron chi connectivity index (χ2n) is 8.99. The number of methoxy groups -OCH3 is 1. The molecule has 0 radical (unpaired) electrons. The maximum Gasteiger partial charge on any atom is 0.360 e. The first kappa shape index (κ1) is 28.4. The van der Waals surface area contributed by atoms with Crippen molar-refractivity contribution in [1.82, 2.24) is 9.99 Å². The Hall–Kier alpha value is -4.58. The van der Waals surface area contributed by atoms with Crippen molar-refractivity contribution in [2.45, 2.75) is 25.1 Å². The van der Waals surface area contributed by atoms with Crippen LogP contribution in [0.15, 0.2) is 66.1 Å². The summed E-state index contributed by atoms with van der Waals surface area (Å²) in [5.41, 5.74) is 0.442. The molecule has 2 aromatic carbocycles. The van der Waals surface area contributed by atoms with Crippen LogP contribution in [0, 0.1) is 17.5 Å². The zero-order valence-corrected chi connectivity index (χ0v) is 21.5. The van der Waals surface area contributed by atoms with Crippen LogP contribution in [0.4, 0.5) is 13.2 Å². The summed E-state index contributed by atoms with van der Waals surface area (Å²) in [5, 5.41) is 2.27. The summed E-state index contributed by atoms with van der Waals surface area (Å²) in [7, 11) is 1.12. The van der Waals surface area contributed by atoms with Crippen LogP contribution in [0.2, 0.25) is 0 Å². The number of nitrogens with one attached hydrogen (secondary N) is 2. The first-order chi connectivity index (χ1) is 19.2. The van der Waals surface area contributed by atoms with Gasteiger partial charge < -0.3 is 25.0 Å². The number of carbonyl (C=O) groups is 2. The Labute approximate surface area is 227 Å². The molecule has 210 valence electrons. The molecule has 2 heterocycles. The monoisotopic (exact) mass is 557 g/mol. The lowest BCUT2D eigenvalue weighted by atomic mass is 10.0. The van der Waals surface area contributed by atoms with E-state index in [0.29, 0.717) is 30.7 Å². The molecule has 1 aromatic heterocycles. The number of halogens is 3. The molecule has 9 nitrogen and oxygen atoms in total. The average molecular weight is 558 g/mol. The number of amides is 1. The third-order valence-corrected chi connectivity index (χ3v) is 6.33. The van der Waals surface area contributed by atoms with E-state index in [0.717, 1.165) is 18.0 Å². The number of rotatable bonds is 10. The molecule has 1 aliphatic rings. The van der Waals surface area contributed by atoms with Crippen LogP contribution in [0.25, 0.3) is 0 Å². The van der Waals surface area contributed by atoms with E-state index in [1.807, 2.05) is 0 Å². The fourth-order valence-electron chi connectivity index (χ4n) is 4.11. The first-order valence-electron chi connectivity index (χ1n) is 12.1. The minimum absolute atomic E-state index is 0.132. The van der Waals surface area contributed by atoms with E-state index in [1.165, 1.54) is 0 Å². The van der Waals surface area contributed by atoms with Crippen molar-refractivity contribution in [2.24, 2.45) is 0 Å². The van der Waals surface area contributed by atoms with Gasteiger partial charge in [-0.15, -0.1) is 6.58 Å². The Kier molecular flexibility index (Phi) is 8.58. The van der Waals surface area contributed by atoms with E-state index in [9.17, 15) is 27.6 Å². The summed E-state index contributed by atoms with van der Waals surface area (Å²) in [6.07, 6.45) is 3.08. The Bertz CT molecular complexity index is 1460. The lowest BCUT2D eigenvalue weighted by molar-refractivity contribution is 0.0580. The minimum Gasteiger partial charge on any atom is -0.482 e. The Morgan fingerprint density at radius 1 is 1.18 bits per heavy atom. The van der Waals surface area contributed by atoms with Gasteiger partial charge in [0.15, 0.2) is 5.69 Å². The third-order valence-electron chi connectivity index (χ3n) is 6.33. The van der Waals surface area contributed by atoms with Gasteiger partial charge in [-0.1, -0.05) is 36.4 Å². The highest BCUT2D eigenvalue weighted by molar-refractivity contribution is 5.97. The molecule has 4 rings (SSSR count). The minimum atomic E-state index is -1.21. The number of carbonyl (C=O) groups excluding carboxylic acids is 2. The summed E-state index contributed by atoms with van der Waals surface area (Å²) in [4.78, 5) is 39.6. The van der Waals surface area contributed by atoms with Crippen LogP contribution in [0.5, 0.6) is 5.75 Å². The molecule has 1 aliphatic heterocycles. The second-order valence-corrected chi connectivity index (χ2v) is 8.99. The van der Waals surface area contributed by atoms with Crippen molar-refractivity contribution in [2.75, 3.05) is 25.7 Å². The highest BCUT2D eigenvalue weighted by Crippen LogP contribution is 2.24. The summed E-state index contributed by atoms with van der Waals surface area (Å²) in [6, 6.07) is 9.72. The average Bonchev–Trinajstić information content (AvgIpc) is 3.41. The predicted molar refractivity (Wildman–Crippen MR) is 138 cm³/mol. The van der Waals surface area contributed by atoms with Gasteiger partial charge in [0, 0.05) is 43.5 Å². The van der Waals surface area contributed by atoms with Gasteiger partial charge in [-0.3, -0.25) is 14.3 Å². The van der Waals surface area contributed by atoms with Crippen LogP contribution in [0.3, 0.4) is 0 Å². The van der Waals surface area contributed by atoms with Crippen molar-refractivity contribution in [3.8, 4) is 5.75 Å². The summed E-state index contributed by atoms with van der Waals surface area (Å²) >= 11 is 0. The van der Waals surface area contributed by atoms with E-state index < -0.39 is 63.7 Å². The normalized spacial score (nSPS) is 16.3. The number of benzene rings is 2. The molecule has 0 saturated carbocycles. The molecular weight excluding hydrogens is 531 g/mol. The molecule has 3 aromatic rings. The lowest BCUT2D eigenvalue weighted by Gasteiger charge is -2.29. The van der Waals surface area contributed by atoms with Crippen LogP contribution in [0.1, 0.15) is 38.4 Å². The van der Waals surface area contributed by atoms with E-state index >= 15 is 0 Å². The second kappa shape index (κ2) is 12.1. The molecule has 2 N–H and O–H groups in total. The Balaban J connectivity index is 1.78. The largest absolute Gasteiger partial charge is 0.482 e. The number of aromatic nitrogens is 1. The summed E-state index contributed by atoms with van der Waals surface area (Å²) < 4.78 is 58.8. The van der Waals surface area contributed by atoms with Crippen LogP contribution in [-0.4, -0.2) is 42.4 Å². The molecular formula is C28H26F3N3O6. The predicted octanol–water partition coefficient (Wildman–Crippen LogP) is 3.45. The fourth-order valence-corrected chi connectivity index (χ4v) is 4.11. The zero-order valence-electron chi connectivity index (χ0n) is 21.5. The number of nitrogens with zero attached hydrogens (tertiary/aromatic N) is 1. The van der Waals surface area contributed by atoms with E-state index in [-0.39, 0.29) is 18.9 Å². The summed E-state index contributed by atoms with van der Waals surface area (Å²) in [5.74, 6) is -6.00. The van der Waals surface area contributed by atoms with Crippen LogP contribution in [-0.2, 0) is 22.6 Å². The highest BCUT2D eigenvalue weighted by atomic mass is 19.1. The third kappa shape index (κ3) is 6.01. The van der Waals surface area contributed by atoms with Crippen LogP contribution >= 0.6 is 0 Å². The van der Waals surface area contributed by atoms with Gasteiger partial charge in [0.25, 0.3) is 5.91 Å². The van der Waals surface area contributed by atoms with Gasteiger partial charge in [0.2, 0.25) is 11.2 Å². The smallest absolute Gasteiger partial charge is 0.360 e. The van der Waals surface area contributed by atoms with Gasteiger partial charge in [-0.25, -0.2) is 18.0 Å². The molecule has 1 amide bonds. The standard InChI is InChI=1S/C28H26F3N3O6/c1-3-28(9-10-39-16-28)33-34-14-20(26(36)32-13-19-21(30)11-18(29)12-22(19)31)24(35)25(23(34)27(37)38-2)40-15-17-7-5-4-6-8-17/h3-8,11-12,14,33H,1,9-10,13,15-16H2,2H3,(H,32,36). The van der Waals surface area contributed by atoms with Gasteiger partial charge in [0.05, 0.1) is 19.3 Å². The topological polar surface area (TPSA) is 108 Å². The number of ether oxygens (including phenoxy) is 3. The molecule has 0 aliphatic carbocycles. The molecule has 12 heteroatoms. The first-order valence-corrected chi connectivity index (χ1v) is 12.1. The van der Waals surface area contributed by atoms with E-state index in [4.69, 9.17) is 14.2 Å². The number of esters is 1. The Morgan fingerprint density at radius 2 is 1.88 bits per heavy atom. The maximum atomic E-state index is 14.1. The maximum absolute atomic E-state index is 14.1. The van der Waals surface area contributed by atoms with Gasteiger partial charge >= 0.3 is 5.97 Å². The van der Waals surface area contributed by atoms with Gasteiger partial charge in [-0.2, -0.15) is 0 Å². The molecule has 0 bridgehead atoms. The van der Waals surface area contributed by atoms with E-state index in [2.05, 4.69) is 17.3 Å². The quantitative estimate of drug-likeness (QED) is 0.291. The van der Waals surface area contributed by atoms with E-state index in [1.54, 1.807) is 36.4 Å². The molecule has 1 atom stereocenters. The van der Waals surface area contributed by atoms with Gasteiger partial charge in [-0.05, 0) is 5.56 Å². The number of hydrogen-bond donors (Lipinski definition) is 2. The molecule has 1 saturated heterocycles. The van der Waals surface area contributed by atoms with Crippen LogP contribution < -0.4 is 20.9 Å². The SMILES string of the molecule is C=CC1(Nn2cc(C(=O)NCc3c(F)cc(F)cc3F)c(=O)c(OCc3ccccc3)c2C(=O)OC)CCOC1. The molecule has 1 fully saturated rings. The number of hydrogen-bond acceptors (Lipinski definition) is 7. The van der Waals surface area contributed by atoms with Crippen molar-refractivity contribution < 1.29 is 37.0 Å². The Morgan fingerprint density at radius 3 is 2.48 bits per heavy atom. The summed E-state index contributed by atoms with van der Waals surface area (Å²) in [6.45, 7) is 3.56. The lowest BCUT2D eigenvalue weighted by Crippen LogP contribution is -2.45. The van der Waals surface area contributed by atoms with Crippen molar-refractivity contribution in [3.63, 3.8) is 0 Å². The number of pyridine rings is 1. The molecule has 1 unspecified atom stereocenters.